The Labute approximate surface area is 123 Å². The van der Waals surface area contributed by atoms with Gasteiger partial charge in [-0.25, -0.2) is 0 Å². The van der Waals surface area contributed by atoms with Crippen LogP contribution in [-0.2, 0) is 0 Å². The molecule has 0 atom stereocenters. The van der Waals surface area contributed by atoms with Crippen LogP contribution < -0.4 is 5.32 Å². The fourth-order valence-electron chi connectivity index (χ4n) is 1.79. The number of nitro benzene ring substituents is 1. The summed E-state index contributed by atoms with van der Waals surface area (Å²) in [4.78, 5) is 23.3. The van der Waals surface area contributed by atoms with Crippen LogP contribution in [0, 0.1) is 16.0 Å². The smallest absolute Gasteiger partial charge is 0.282 e. The van der Waals surface area contributed by atoms with Crippen LogP contribution in [0.2, 0.25) is 0 Å². The molecule has 0 aliphatic rings. The van der Waals surface area contributed by atoms with Gasteiger partial charge in [-0.15, -0.1) is 11.8 Å². The molecular formula is C14H20N2O3S. The Morgan fingerprint density at radius 2 is 2.15 bits per heavy atom. The minimum Gasteiger partial charge on any atom is -0.352 e. The minimum absolute atomic E-state index is 0.131. The predicted octanol–water partition coefficient (Wildman–Crippen LogP) is 3.48. The van der Waals surface area contributed by atoms with Crippen molar-refractivity contribution in [2.75, 3.05) is 12.8 Å². The molecule has 0 radical (unpaired) electrons. The molecule has 0 aromatic heterocycles. The molecule has 1 aromatic carbocycles. The molecule has 0 unspecified atom stereocenters. The molecule has 1 rings (SSSR count). The van der Waals surface area contributed by atoms with Crippen LogP contribution in [-0.4, -0.2) is 23.6 Å². The van der Waals surface area contributed by atoms with E-state index < -0.39 is 4.92 Å². The number of nitro groups is 1. The van der Waals surface area contributed by atoms with Gasteiger partial charge in [0.05, 0.1) is 4.92 Å². The van der Waals surface area contributed by atoms with Crippen molar-refractivity contribution in [3.8, 4) is 0 Å². The van der Waals surface area contributed by atoms with Gasteiger partial charge in [0.2, 0.25) is 0 Å². The van der Waals surface area contributed by atoms with E-state index in [-0.39, 0.29) is 17.2 Å². The summed E-state index contributed by atoms with van der Waals surface area (Å²) in [6.45, 7) is 4.78. The first-order valence-electron chi connectivity index (χ1n) is 6.56. The van der Waals surface area contributed by atoms with Crippen LogP contribution in [0.15, 0.2) is 23.1 Å². The Morgan fingerprint density at radius 3 is 2.70 bits per heavy atom. The zero-order valence-electron chi connectivity index (χ0n) is 12.0. The van der Waals surface area contributed by atoms with E-state index in [2.05, 4.69) is 19.2 Å². The van der Waals surface area contributed by atoms with Crippen LogP contribution >= 0.6 is 11.8 Å². The molecule has 0 saturated heterocycles. The van der Waals surface area contributed by atoms with E-state index in [0.29, 0.717) is 12.5 Å². The number of amides is 1. The number of benzene rings is 1. The summed E-state index contributed by atoms with van der Waals surface area (Å²) in [6.07, 6.45) is 3.76. The van der Waals surface area contributed by atoms with Crippen molar-refractivity contribution in [3.63, 3.8) is 0 Å². The first-order chi connectivity index (χ1) is 9.45. The normalized spacial score (nSPS) is 10.6. The highest BCUT2D eigenvalue weighted by atomic mass is 32.2. The predicted molar refractivity (Wildman–Crippen MR) is 81.3 cm³/mol. The molecule has 0 aliphatic heterocycles. The van der Waals surface area contributed by atoms with Crippen molar-refractivity contribution in [1.82, 2.24) is 5.32 Å². The third-order valence-electron chi connectivity index (χ3n) is 2.89. The van der Waals surface area contributed by atoms with Crippen molar-refractivity contribution < 1.29 is 9.72 Å². The summed E-state index contributed by atoms with van der Waals surface area (Å²) >= 11 is 1.45. The van der Waals surface area contributed by atoms with Gasteiger partial charge < -0.3 is 5.32 Å². The number of carbonyl (C=O) groups excluding carboxylic acids is 1. The second-order valence-electron chi connectivity index (χ2n) is 4.93. The summed E-state index contributed by atoms with van der Waals surface area (Å²) in [5.74, 6) is 0.206. The fourth-order valence-corrected chi connectivity index (χ4v) is 2.23. The number of hydrogen-bond acceptors (Lipinski definition) is 4. The lowest BCUT2D eigenvalue weighted by atomic mass is 10.1. The van der Waals surface area contributed by atoms with Gasteiger partial charge in [-0.05, 0) is 37.1 Å². The van der Waals surface area contributed by atoms with Gasteiger partial charge in [-0.2, -0.15) is 0 Å². The maximum atomic E-state index is 12.1. The van der Waals surface area contributed by atoms with Gasteiger partial charge in [0.25, 0.3) is 11.6 Å². The number of rotatable bonds is 7. The molecule has 6 heteroatoms. The number of hydrogen-bond donors (Lipinski definition) is 1. The lowest BCUT2D eigenvalue weighted by Crippen LogP contribution is -2.25. The number of carbonyl (C=O) groups is 1. The molecule has 1 aromatic rings. The van der Waals surface area contributed by atoms with E-state index in [1.54, 1.807) is 12.1 Å². The molecule has 0 bridgehead atoms. The van der Waals surface area contributed by atoms with E-state index in [4.69, 9.17) is 0 Å². The van der Waals surface area contributed by atoms with Gasteiger partial charge in [-0.1, -0.05) is 13.8 Å². The number of nitrogens with zero attached hydrogens (tertiary/aromatic N) is 1. The quantitative estimate of drug-likeness (QED) is 0.362. The van der Waals surface area contributed by atoms with Gasteiger partial charge >= 0.3 is 0 Å². The van der Waals surface area contributed by atoms with Crippen molar-refractivity contribution in [2.24, 2.45) is 5.92 Å². The fraction of sp³-hybridized carbons (Fsp3) is 0.500. The highest BCUT2D eigenvalue weighted by molar-refractivity contribution is 7.98. The average molecular weight is 296 g/mol. The molecule has 0 spiro atoms. The highest BCUT2D eigenvalue weighted by Crippen LogP contribution is 2.24. The molecule has 110 valence electrons. The molecule has 0 fully saturated rings. The molecular weight excluding hydrogens is 276 g/mol. The highest BCUT2D eigenvalue weighted by Gasteiger charge is 2.20. The number of thioether (sulfide) groups is 1. The second kappa shape index (κ2) is 7.89. The minimum atomic E-state index is -0.521. The number of nitrogens with one attached hydrogen (secondary N) is 1. The van der Waals surface area contributed by atoms with Crippen LogP contribution in [0.1, 0.15) is 37.0 Å². The summed E-state index contributed by atoms with van der Waals surface area (Å²) in [7, 11) is 0. The van der Waals surface area contributed by atoms with E-state index in [0.717, 1.165) is 17.7 Å². The second-order valence-corrected chi connectivity index (χ2v) is 5.81. The lowest BCUT2D eigenvalue weighted by Gasteiger charge is -2.08. The Morgan fingerprint density at radius 1 is 1.45 bits per heavy atom. The third-order valence-corrected chi connectivity index (χ3v) is 3.61. The molecule has 1 N–H and O–H groups in total. The summed E-state index contributed by atoms with van der Waals surface area (Å²) in [5, 5.41) is 13.7. The maximum absolute atomic E-state index is 12.1. The zero-order chi connectivity index (χ0) is 15.1. The van der Waals surface area contributed by atoms with E-state index in [1.165, 1.54) is 17.8 Å². The Kier molecular flexibility index (Phi) is 6.51. The molecule has 0 saturated carbocycles. The SMILES string of the molecule is CSc1ccc([N+](=O)[O-])c(C(=O)NCCCC(C)C)c1. The summed E-state index contributed by atoms with van der Waals surface area (Å²) < 4.78 is 0. The van der Waals surface area contributed by atoms with Crippen LogP contribution in [0.3, 0.4) is 0 Å². The first kappa shape index (κ1) is 16.5. The van der Waals surface area contributed by atoms with E-state index in [9.17, 15) is 14.9 Å². The monoisotopic (exact) mass is 296 g/mol. The molecule has 0 aliphatic carbocycles. The first-order valence-corrected chi connectivity index (χ1v) is 7.78. The summed E-state index contributed by atoms with van der Waals surface area (Å²) in [5.41, 5.74) is -0.0180. The van der Waals surface area contributed by atoms with Crippen molar-refractivity contribution in [2.45, 2.75) is 31.6 Å². The Bertz CT molecular complexity index is 489. The Balaban J connectivity index is 2.77. The lowest BCUT2D eigenvalue weighted by molar-refractivity contribution is -0.385. The Hall–Kier alpha value is -1.56. The molecule has 20 heavy (non-hydrogen) atoms. The van der Waals surface area contributed by atoms with Crippen LogP contribution in [0.5, 0.6) is 0 Å². The summed E-state index contributed by atoms with van der Waals surface area (Å²) in [6, 6.07) is 4.60. The van der Waals surface area contributed by atoms with Crippen molar-refractivity contribution in [1.29, 1.82) is 0 Å². The zero-order valence-corrected chi connectivity index (χ0v) is 12.8. The van der Waals surface area contributed by atoms with Crippen molar-refractivity contribution in [3.05, 3.63) is 33.9 Å². The van der Waals surface area contributed by atoms with Gasteiger partial charge in [-0.3, -0.25) is 14.9 Å². The molecule has 0 heterocycles. The largest absolute Gasteiger partial charge is 0.352 e. The van der Waals surface area contributed by atoms with Crippen molar-refractivity contribution >= 4 is 23.4 Å². The average Bonchev–Trinajstić information content (AvgIpc) is 2.42. The van der Waals surface area contributed by atoms with Crippen LogP contribution in [0.4, 0.5) is 5.69 Å². The van der Waals surface area contributed by atoms with E-state index >= 15 is 0 Å². The van der Waals surface area contributed by atoms with Gasteiger partial charge in [0.1, 0.15) is 5.56 Å². The standard InChI is InChI=1S/C14H20N2O3S/c1-10(2)5-4-8-15-14(17)12-9-11(20-3)6-7-13(12)16(18)19/h6-7,9-10H,4-5,8H2,1-3H3,(H,15,17). The molecule has 1 amide bonds. The molecule has 5 nitrogen and oxygen atoms in total. The van der Waals surface area contributed by atoms with Gasteiger partial charge in [0.15, 0.2) is 0 Å². The van der Waals surface area contributed by atoms with Crippen LogP contribution in [0.25, 0.3) is 0 Å². The maximum Gasteiger partial charge on any atom is 0.282 e. The van der Waals surface area contributed by atoms with Gasteiger partial charge in [0, 0.05) is 17.5 Å². The van der Waals surface area contributed by atoms with E-state index in [1.807, 2.05) is 6.26 Å². The third kappa shape index (κ3) is 4.85. The topological polar surface area (TPSA) is 72.2 Å².